The average Bonchev–Trinajstić information content (AvgIpc) is 2.62. The molecule has 0 amide bonds. The van der Waals surface area contributed by atoms with Gasteiger partial charge in [0.15, 0.2) is 12.2 Å². The van der Waals surface area contributed by atoms with Crippen LogP contribution < -0.4 is 5.11 Å². The Labute approximate surface area is 152 Å². The molecule has 4 aliphatic rings. The Bertz CT molecular complexity index is 560. The Morgan fingerprint density at radius 3 is 2.31 bits per heavy atom. The number of quaternary nitrogens is 1. The molecule has 0 aliphatic carbocycles. The van der Waals surface area contributed by atoms with Crippen LogP contribution in [0.3, 0.4) is 0 Å². The largest absolute Gasteiger partial charge is 0.854 e. The number of hydrogen-bond donors (Lipinski definition) is 0. The van der Waals surface area contributed by atoms with Crippen LogP contribution in [0.15, 0.2) is 0 Å². The molecule has 0 aromatic heterocycles. The molecule has 9 heteroatoms. The monoisotopic (exact) mass is 370 g/mol. The Hall–Kier alpha value is -1.71. The minimum Gasteiger partial charge on any atom is -0.854 e. The van der Waals surface area contributed by atoms with Gasteiger partial charge in [-0.25, -0.2) is 0 Å². The topological polar surface area (TPSA) is 105 Å². The van der Waals surface area contributed by atoms with Gasteiger partial charge in [0, 0.05) is 33.5 Å². The maximum atomic E-state index is 12.5. The first-order valence-electron chi connectivity index (χ1n) is 9.03. The Morgan fingerprint density at radius 1 is 1.19 bits per heavy atom. The third-order valence-electron chi connectivity index (χ3n) is 5.84. The van der Waals surface area contributed by atoms with Gasteiger partial charge in [-0.15, -0.1) is 6.61 Å². The third-order valence-corrected chi connectivity index (χ3v) is 5.84. The highest BCUT2D eigenvalue weighted by Crippen LogP contribution is 2.36. The lowest BCUT2D eigenvalue weighted by Crippen LogP contribution is -2.78. The van der Waals surface area contributed by atoms with Crippen LogP contribution in [0.5, 0.6) is 0 Å². The highest BCUT2D eigenvalue weighted by atomic mass is 16.6. The van der Waals surface area contributed by atoms with Crippen LogP contribution in [0.2, 0.25) is 0 Å². The summed E-state index contributed by atoms with van der Waals surface area (Å²) in [5, 5.41) is 11.9. The standard InChI is InChI=1S/C17H26N2O7/c1-11(21)24-10-14-16(25-12(2)22)15(13(9-20)17(23)26-14)19-6-3-18(4-7-19)5-8-19/h13-16H,3-10H2,1-2H3/t13-,14+,15-,16+/m0/s1. The summed E-state index contributed by atoms with van der Waals surface area (Å²) in [6.45, 7) is 6.80. The highest BCUT2D eigenvalue weighted by molar-refractivity contribution is 5.75. The number of cyclic esters (lactones) is 1. The van der Waals surface area contributed by atoms with E-state index < -0.39 is 48.7 Å². The third kappa shape index (κ3) is 3.56. The summed E-state index contributed by atoms with van der Waals surface area (Å²) in [6.07, 6.45) is -1.69. The van der Waals surface area contributed by atoms with Crippen LogP contribution in [0.4, 0.5) is 0 Å². The smallest absolute Gasteiger partial charge is 0.314 e. The van der Waals surface area contributed by atoms with Crippen LogP contribution in [-0.4, -0.2) is 98.0 Å². The van der Waals surface area contributed by atoms with Gasteiger partial charge in [0.1, 0.15) is 12.6 Å². The molecule has 0 aromatic carbocycles. The van der Waals surface area contributed by atoms with Crippen molar-refractivity contribution in [1.29, 1.82) is 0 Å². The van der Waals surface area contributed by atoms with E-state index in [0.29, 0.717) is 4.48 Å². The summed E-state index contributed by atoms with van der Waals surface area (Å²) in [4.78, 5) is 37.8. The molecule has 0 spiro atoms. The lowest BCUT2D eigenvalue weighted by molar-refractivity contribution is -0.970. The molecule has 2 bridgehead atoms. The van der Waals surface area contributed by atoms with Crippen LogP contribution in [0, 0.1) is 5.92 Å². The number of nitrogens with zero attached hydrogens (tertiary/aromatic N) is 2. The summed E-state index contributed by atoms with van der Waals surface area (Å²) in [5.41, 5.74) is 0. The van der Waals surface area contributed by atoms with Crippen molar-refractivity contribution >= 4 is 17.9 Å². The van der Waals surface area contributed by atoms with Crippen molar-refractivity contribution < 1.29 is 38.2 Å². The molecule has 0 radical (unpaired) electrons. The number of carbonyl (C=O) groups is 3. The van der Waals surface area contributed by atoms with E-state index in [2.05, 4.69) is 4.90 Å². The molecule has 9 nitrogen and oxygen atoms in total. The first-order valence-corrected chi connectivity index (χ1v) is 9.03. The van der Waals surface area contributed by atoms with Crippen molar-refractivity contribution in [3.8, 4) is 0 Å². The second kappa shape index (κ2) is 7.50. The van der Waals surface area contributed by atoms with Crippen molar-refractivity contribution in [2.45, 2.75) is 32.1 Å². The summed E-state index contributed by atoms with van der Waals surface area (Å²) in [5.74, 6) is -2.49. The van der Waals surface area contributed by atoms with Crippen molar-refractivity contribution in [3.05, 3.63) is 0 Å². The zero-order chi connectivity index (χ0) is 18.9. The number of carbonyl (C=O) groups excluding carboxylic acids is 3. The molecule has 4 atom stereocenters. The minimum atomic E-state index is -0.893. The van der Waals surface area contributed by atoms with E-state index in [1.165, 1.54) is 13.8 Å². The number of hydrogen-bond acceptors (Lipinski definition) is 8. The van der Waals surface area contributed by atoms with Gasteiger partial charge in [-0.2, -0.15) is 0 Å². The quantitative estimate of drug-likeness (QED) is 0.308. The van der Waals surface area contributed by atoms with Gasteiger partial charge in [-0.1, -0.05) is 0 Å². The summed E-state index contributed by atoms with van der Waals surface area (Å²) in [7, 11) is 0. The molecule has 26 heavy (non-hydrogen) atoms. The van der Waals surface area contributed by atoms with E-state index >= 15 is 0 Å². The SMILES string of the molecule is CC(=O)OC[C@H]1OC(=O)[C@@H](C[O-])[C@H]([N+]23CCN(CC2)CC3)[C@@H]1OC(C)=O. The molecule has 146 valence electrons. The first-order chi connectivity index (χ1) is 12.4. The molecule has 4 rings (SSSR count). The fourth-order valence-electron chi connectivity index (χ4n) is 4.56. The maximum Gasteiger partial charge on any atom is 0.314 e. The Kier molecular flexibility index (Phi) is 5.50. The predicted octanol–water partition coefficient (Wildman–Crippen LogP) is -2.10. The van der Waals surface area contributed by atoms with Crippen LogP contribution in [0.25, 0.3) is 0 Å². The van der Waals surface area contributed by atoms with E-state index in [9.17, 15) is 19.5 Å². The zero-order valence-corrected chi connectivity index (χ0v) is 15.2. The number of ether oxygens (including phenoxy) is 3. The second-order valence-corrected chi connectivity index (χ2v) is 7.35. The van der Waals surface area contributed by atoms with E-state index in [1.807, 2.05) is 0 Å². The maximum absolute atomic E-state index is 12.5. The summed E-state index contributed by atoms with van der Waals surface area (Å²) in [6, 6.07) is -0.472. The average molecular weight is 370 g/mol. The van der Waals surface area contributed by atoms with Crippen LogP contribution in [0.1, 0.15) is 13.8 Å². The van der Waals surface area contributed by atoms with Gasteiger partial charge in [-0.3, -0.25) is 19.3 Å². The summed E-state index contributed by atoms with van der Waals surface area (Å²) >= 11 is 0. The molecule has 4 fully saturated rings. The minimum absolute atomic E-state index is 0.187. The Balaban J connectivity index is 1.94. The molecule has 0 N–H and O–H groups in total. The lowest BCUT2D eigenvalue weighted by Gasteiger charge is -2.58. The van der Waals surface area contributed by atoms with E-state index in [4.69, 9.17) is 14.2 Å². The molecule has 4 saturated heterocycles. The first kappa shape index (κ1) is 19.1. The number of fused-ring (bicyclic) bond motifs is 3. The molecule has 0 unspecified atom stereocenters. The predicted molar refractivity (Wildman–Crippen MR) is 85.5 cm³/mol. The van der Waals surface area contributed by atoms with Crippen molar-refractivity contribution in [2.24, 2.45) is 5.92 Å². The van der Waals surface area contributed by atoms with Gasteiger partial charge in [-0.05, 0) is 0 Å². The molecular weight excluding hydrogens is 344 g/mol. The van der Waals surface area contributed by atoms with E-state index in [0.717, 1.165) is 39.3 Å². The van der Waals surface area contributed by atoms with Gasteiger partial charge < -0.3 is 23.8 Å². The van der Waals surface area contributed by atoms with Crippen molar-refractivity contribution in [1.82, 2.24) is 4.90 Å². The van der Waals surface area contributed by atoms with Crippen LogP contribution in [-0.2, 0) is 28.6 Å². The van der Waals surface area contributed by atoms with Crippen LogP contribution >= 0.6 is 0 Å². The van der Waals surface area contributed by atoms with E-state index in [1.54, 1.807) is 0 Å². The van der Waals surface area contributed by atoms with Crippen molar-refractivity contribution in [2.75, 3.05) is 52.5 Å². The molecule has 4 aliphatic heterocycles. The fraction of sp³-hybridized carbons (Fsp3) is 0.824. The number of esters is 3. The second-order valence-electron chi connectivity index (χ2n) is 7.35. The number of piperazine rings is 3. The van der Waals surface area contributed by atoms with Gasteiger partial charge in [0.25, 0.3) is 0 Å². The van der Waals surface area contributed by atoms with E-state index in [-0.39, 0.29) is 6.61 Å². The van der Waals surface area contributed by atoms with Gasteiger partial charge >= 0.3 is 17.9 Å². The van der Waals surface area contributed by atoms with Gasteiger partial charge in [0.2, 0.25) is 0 Å². The zero-order valence-electron chi connectivity index (χ0n) is 15.2. The van der Waals surface area contributed by atoms with Gasteiger partial charge in [0.05, 0.1) is 25.6 Å². The number of rotatable bonds is 5. The lowest BCUT2D eigenvalue weighted by atomic mass is 9.84. The highest BCUT2D eigenvalue weighted by Gasteiger charge is 2.58. The Morgan fingerprint density at radius 2 is 1.81 bits per heavy atom. The molecular formula is C17H26N2O7. The molecule has 4 heterocycles. The molecule has 0 saturated carbocycles. The summed E-state index contributed by atoms with van der Waals surface area (Å²) < 4.78 is 16.5. The fourth-order valence-corrected chi connectivity index (χ4v) is 4.56. The normalized spacial score (nSPS) is 39.2. The molecule has 0 aromatic rings. The van der Waals surface area contributed by atoms with Crippen molar-refractivity contribution in [3.63, 3.8) is 0 Å².